The second-order valence-electron chi connectivity index (χ2n) is 5.89. The van der Waals surface area contributed by atoms with Crippen LogP contribution in [0, 0.1) is 22.0 Å². The number of nitrogens with zero attached hydrogens (tertiary/aromatic N) is 2. The number of anilines is 2. The van der Waals surface area contributed by atoms with Crippen LogP contribution in [0.4, 0.5) is 30.2 Å². The molecule has 0 bridgehead atoms. The van der Waals surface area contributed by atoms with Crippen molar-refractivity contribution in [2.24, 2.45) is 11.8 Å². The third-order valence-corrected chi connectivity index (χ3v) is 4.52. The fourth-order valence-electron chi connectivity index (χ4n) is 3.43. The summed E-state index contributed by atoms with van der Waals surface area (Å²) in [6, 6.07) is 2.76. The van der Waals surface area contributed by atoms with E-state index in [2.05, 4.69) is 5.32 Å². The number of nitro groups is 1. The first-order valence-electron chi connectivity index (χ1n) is 7.28. The molecule has 3 rings (SSSR count). The van der Waals surface area contributed by atoms with Gasteiger partial charge in [0.05, 0.1) is 16.8 Å². The van der Waals surface area contributed by atoms with Gasteiger partial charge in [0.25, 0.3) is 5.69 Å². The Morgan fingerprint density at radius 3 is 2.62 bits per heavy atom. The summed E-state index contributed by atoms with van der Waals surface area (Å²) in [7, 11) is 0. The van der Waals surface area contributed by atoms with Crippen molar-refractivity contribution < 1.29 is 28.0 Å². The van der Waals surface area contributed by atoms with E-state index in [9.17, 15) is 28.1 Å². The van der Waals surface area contributed by atoms with Crippen LogP contribution < -0.4 is 10.2 Å². The van der Waals surface area contributed by atoms with Crippen molar-refractivity contribution in [2.75, 3.05) is 29.9 Å². The Balaban J connectivity index is 2.05. The molecule has 0 saturated carbocycles. The maximum Gasteiger partial charge on any atom is 0.394 e. The molecule has 7 nitrogen and oxygen atoms in total. The van der Waals surface area contributed by atoms with Crippen molar-refractivity contribution in [3.63, 3.8) is 0 Å². The fourth-order valence-corrected chi connectivity index (χ4v) is 3.43. The van der Waals surface area contributed by atoms with Gasteiger partial charge >= 0.3 is 12.1 Å². The van der Waals surface area contributed by atoms with E-state index in [-0.39, 0.29) is 11.4 Å². The van der Waals surface area contributed by atoms with E-state index in [0.29, 0.717) is 24.2 Å². The van der Waals surface area contributed by atoms with Gasteiger partial charge in [0.15, 0.2) is 0 Å². The number of halogens is 3. The summed E-state index contributed by atoms with van der Waals surface area (Å²) in [5.74, 6) is -5.25. The number of aliphatic carboxylic acids is 1. The van der Waals surface area contributed by atoms with Crippen LogP contribution in [-0.2, 0) is 11.2 Å². The number of carboxylic acids is 1. The molecule has 0 unspecified atom stereocenters. The zero-order valence-electron chi connectivity index (χ0n) is 12.3. The van der Waals surface area contributed by atoms with E-state index in [1.165, 1.54) is 17.0 Å². The molecule has 2 N–H and O–H groups in total. The molecular weight excluding hydrogens is 331 g/mol. The summed E-state index contributed by atoms with van der Waals surface area (Å²) >= 11 is 0. The first kappa shape index (κ1) is 16.3. The quantitative estimate of drug-likeness (QED) is 0.644. The average molecular weight is 345 g/mol. The lowest BCUT2D eigenvalue weighted by molar-refractivity contribution is -0.384. The van der Waals surface area contributed by atoms with E-state index >= 15 is 0 Å². The summed E-state index contributed by atoms with van der Waals surface area (Å²) in [6.45, 7) is -0.475. The van der Waals surface area contributed by atoms with Crippen LogP contribution >= 0.6 is 0 Å². The first-order valence-corrected chi connectivity index (χ1v) is 7.28. The third-order valence-electron chi connectivity index (χ3n) is 4.52. The van der Waals surface area contributed by atoms with Gasteiger partial charge in [0.2, 0.25) is 0 Å². The van der Waals surface area contributed by atoms with Gasteiger partial charge in [-0.05, 0) is 12.5 Å². The molecule has 10 heteroatoms. The molecule has 24 heavy (non-hydrogen) atoms. The molecule has 0 spiro atoms. The van der Waals surface area contributed by atoms with Crippen LogP contribution in [0.15, 0.2) is 12.1 Å². The molecule has 130 valence electrons. The van der Waals surface area contributed by atoms with E-state index in [0.717, 1.165) is 0 Å². The average Bonchev–Trinajstić information content (AvgIpc) is 3.12. The van der Waals surface area contributed by atoms with Crippen LogP contribution in [0.25, 0.3) is 0 Å². The van der Waals surface area contributed by atoms with Gasteiger partial charge in [-0.15, -0.1) is 0 Å². The maximum atomic E-state index is 13.2. The normalized spacial score (nSPS) is 23.0. The van der Waals surface area contributed by atoms with E-state index in [1.807, 2.05) is 0 Å². The molecule has 2 aliphatic heterocycles. The van der Waals surface area contributed by atoms with Crippen LogP contribution in [0.5, 0.6) is 0 Å². The highest BCUT2D eigenvalue weighted by Crippen LogP contribution is 2.45. The molecule has 0 aromatic heterocycles. The lowest BCUT2D eigenvalue weighted by atomic mass is 9.96. The fraction of sp³-hybridized carbons (Fsp3) is 0.500. The number of hydrogen-bond acceptors (Lipinski definition) is 5. The Labute approximate surface area is 134 Å². The van der Waals surface area contributed by atoms with Crippen molar-refractivity contribution in [2.45, 2.75) is 12.6 Å². The number of nitro benzene ring substituents is 1. The molecule has 2 aliphatic rings. The Morgan fingerprint density at radius 1 is 1.38 bits per heavy atom. The zero-order valence-corrected chi connectivity index (χ0v) is 12.3. The third kappa shape index (κ3) is 2.61. The Morgan fingerprint density at radius 2 is 2.08 bits per heavy atom. The summed E-state index contributed by atoms with van der Waals surface area (Å²) in [4.78, 5) is 23.1. The molecule has 1 saturated heterocycles. The number of benzene rings is 1. The summed E-state index contributed by atoms with van der Waals surface area (Å²) < 4.78 is 39.5. The minimum Gasteiger partial charge on any atom is -0.481 e. The molecule has 0 amide bonds. The maximum absolute atomic E-state index is 13.2. The summed E-state index contributed by atoms with van der Waals surface area (Å²) in [5, 5.41) is 23.4. The van der Waals surface area contributed by atoms with Gasteiger partial charge in [-0.2, -0.15) is 13.2 Å². The van der Waals surface area contributed by atoms with Crippen molar-refractivity contribution >= 4 is 23.0 Å². The molecule has 0 radical (unpaired) electrons. The molecule has 1 fully saturated rings. The minimum atomic E-state index is -4.68. The number of nitrogens with one attached hydrogen (secondary N) is 1. The second kappa shape index (κ2) is 5.53. The van der Waals surface area contributed by atoms with Crippen molar-refractivity contribution in [3.8, 4) is 0 Å². The Kier molecular flexibility index (Phi) is 3.77. The van der Waals surface area contributed by atoms with Crippen molar-refractivity contribution in [3.05, 3.63) is 27.8 Å². The van der Waals surface area contributed by atoms with E-state index in [4.69, 9.17) is 5.11 Å². The van der Waals surface area contributed by atoms with Crippen molar-refractivity contribution in [1.29, 1.82) is 0 Å². The second-order valence-corrected chi connectivity index (χ2v) is 5.89. The smallest absolute Gasteiger partial charge is 0.394 e. The van der Waals surface area contributed by atoms with Gasteiger partial charge in [0.1, 0.15) is 5.69 Å². The van der Waals surface area contributed by atoms with Gasteiger partial charge in [-0.25, -0.2) is 0 Å². The zero-order chi connectivity index (χ0) is 17.6. The number of alkyl halides is 3. The molecule has 2 heterocycles. The largest absolute Gasteiger partial charge is 0.481 e. The molecule has 1 aromatic rings. The molecular formula is C14H14F3N3O4. The van der Waals surface area contributed by atoms with Gasteiger partial charge in [-0.1, -0.05) is 0 Å². The van der Waals surface area contributed by atoms with Crippen LogP contribution in [0.3, 0.4) is 0 Å². The minimum absolute atomic E-state index is 0.0977. The predicted molar refractivity (Wildman–Crippen MR) is 78.2 cm³/mol. The Bertz CT molecular complexity index is 707. The predicted octanol–water partition coefficient (Wildman–Crippen LogP) is 2.26. The van der Waals surface area contributed by atoms with Gasteiger partial charge < -0.3 is 15.3 Å². The molecule has 0 aliphatic carbocycles. The van der Waals surface area contributed by atoms with Crippen molar-refractivity contribution in [1.82, 2.24) is 0 Å². The van der Waals surface area contributed by atoms with Gasteiger partial charge in [0, 0.05) is 37.0 Å². The van der Waals surface area contributed by atoms with E-state index in [1.54, 1.807) is 0 Å². The Hall–Kier alpha value is -2.52. The topological polar surface area (TPSA) is 95.7 Å². The highest BCUT2D eigenvalue weighted by molar-refractivity contribution is 5.80. The number of fused-ring (bicyclic) bond motifs is 1. The van der Waals surface area contributed by atoms with E-state index < -0.39 is 42.0 Å². The monoisotopic (exact) mass is 345 g/mol. The summed E-state index contributed by atoms with van der Waals surface area (Å²) in [6.07, 6.45) is -4.24. The lowest BCUT2D eigenvalue weighted by Crippen LogP contribution is -2.33. The van der Waals surface area contributed by atoms with Crippen LogP contribution in [-0.4, -0.2) is 41.8 Å². The van der Waals surface area contributed by atoms with Crippen LogP contribution in [0.2, 0.25) is 0 Å². The first-order chi connectivity index (χ1) is 11.2. The number of carbonyl (C=O) groups is 1. The number of carboxylic acid groups (broad SMARTS) is 1. The highest BCUT2D eigenvalue weighted by Gasteiger charge is 2.53. The summed E-state index contributed by atoms with van der Waals surface area (Å²) in [5.41, 5.74) is 0.999. The van der Waals surface area contributed by atoms with Gasteiger partial charge in [-0.3, -0.25) is 14.9 Å². The lowest BCUT2D eigenvalue weighted by Gasteiger charge is -2.22. The standard InChI is InChI=1S/C14H14F3N3O4/c15-14(16,17)9-6-19(5-8(9)13(21)22)12-7-3-4-18-10(7)1-2-11(12)20(23)24/h1-2,8-9,18H,3-6H2,(H,21,22)/t8-,9-/m1/s1. The van der Waals surface area contributed by atoms with Crippen LogP contribution in [0.1, 0.15) is 5.56 Å². The number of rotatable bonds is 3. The number of hydrogen-bond donors (Lipinski definition) is 2. The molecule has 2 atom stereocenters. The highest BCUT2D eigenvalue weighted by atomic mass is 19.4. The molecule has 1 aromatic carbocycles. The SMILES string of the molecule is O=C(O)[C@@H]1CN(c2c([N+](=O)[O-])ccc3c2CCN3)C[C@H]1C(F)(F)F.